The van der Waals surface area contributed by atoms with Crippen LogP contribution in [0.1, 0.15) is 20.8 Å². The van der Waals surface area contributed by atoms with Crippen molar-refractivity contribution in [3.8, 4) is 5.75 Å². The molecule has 0 atom stereocenters. The van der Waals surface area contributed by atoms with E-state index < -0.39 is 0 Å². The number of carbonyl (C=O) groups excluding carboxylic acids is 1. The molecule has 1 aliphatic rings. The molecule has 2 aromatic carbocycles. The fourth-order valence-electron chi connectivity index (χ4n) is 4.23. The summed E-state index contributed by atoms with van der Waals surface area (Å²) in [6, 6.07) is 16.4. The van der Waals surface area contributed by atoms with Crippen molar-refractivity contribution < 1.29 is 9.53 Å². The van der Waals surface area contributed by atoms with Crippen molar-refractivity contribution in [1.82, 2.24) is 9.88 Å². The maximum Gasteiger partial charge on any atom is 0.264 e. The molecular formula is C25H25N3O2S. The number of fused-ring (bicyclic) bond motifs is 2. The molecule has 0 radical (unpaired) electrons. The minimum absolute atomic E-state index is 0.102. The lowest BCUT2D eigenvalue weighted by molar-refractivity contribution is 0.0751. The lowest BCUT2D eigenvalue weighted by Crippen LogP contribution is -2.48. The van der Waals surface area contributed by atoms with Crippen LogP contribution in [0.3, 0.4) is 0 Å². The van der Waals surface area contributed by atoms with Crippen LogP contribution in [-0.4, -0.2) is 49.1 Å². The molecule has 2 aromatic heterocycles. The van der Waals surface area contributed by atoms with Gasteiger partial charge in [-0.05, 0) is 61.4 Å². The summed E-state index contributed by atoms with van der Waals surface area (Å²) >= 11 is 1.48. The van der Waals surface area contributed by atoms with E-state index in [0.29, 0.717) is 0 Å². The van der Waals surface area contributed by atoms with Gasteiger partial charge in [0.1, 0.15) is 10.6 Å². The van der Waals surface area contributed by atoms with Gasteiger partial charge in [0.15, 0.2) is 0 Å². The largest absolute Gasteiger partial charge is 0.497 e. The summed E-state index contributed by atoms with van der Waals surface area (Å²) in [6.45, 7) is 7.48. The molecular weight excluding hydrogens is 406 g/mol. The van der Waals surface area contributed by atoms with Crippen LogP contribution in [-0.2, 0) is 0 Å². The van der Waals surface area contributed by atoms with E-state index in [4.69, 9.17) is 9.72 Å². The van der Waals surface area contributed by atoms with Crippen LogP contribution in [0.15, 0.2) is 48.5 Å². The van der Waals surface area contributed by atoms with Crippen LogP contribution >= 0.6 is 11.3 Å². The number of hydrogen-bond acceptors (Lipinski definition) is 5. The molecule has 0 aliphatic carbocycles. The molecule has 1 fully saturated rings. The average molecular weight is 432 g/mol. The first kappa shape index (κ1) is 19.8. The summed E-state index contributed by atoms with van der Waals surface area (Å²) in [7, 11) is 1.66. The molecule has 0 saturated carbocycles. The quantitative estimate of drug-likeness (QED) is 0.456. The van der Waals surface area contributed by atoms with Crippen molar-refractivity contribution in [2.75, 3.05) is 38.2 Å². The van der Waals surface area contributed by atoms with Gasteiger partial charge in [-0.2, -0.15) is 0 Å². The Morgan fingerprint density at radius 1 is 1.00 bits per heavy atom. The zero-order valence-corrected chi connectivity index (χ0v) is 18.8. The van der Waals surface area contributed by atoms with Crippen LogP contribution in [0, 0.1) is 13.8 Å². The highest BCUT2D eigenvalue weighted by atomic mass is 32.1. The Hall–Kier alpha value is -3.12. The first-order valence-corrected chi connectivity index (χ1v) is 11.3. The van der Waals surface area contributed by atoms with E-state index >= 15 is 0 Å². The van der Waals surface area contributed by atoms with Gasteiger partial charge in [-0.15, -0.1) is 11.3 Å². The average Bonchev–Trinajstić information content (AvgIpc) is 3.21. The number of anilines is 1. The number of piperazine rings is 1. The third-order valence-electron chi connectivity index (χ3n) is 6.20. The zero-order chi connectivity index (χ0) is 21.5. The summed E-state index contributed by atoms with van der Waals surface area (Å²) in [4.78, 5) is 24.0. The van der Waals surface area contributed by atoms with Crippen LogP contribution in [0.4, 0.5) is 5.69 Å². The van der Waals surface area contributed by atoms with E-state index in [1.807, 2.05) is 29.2 Å². The van der Waals surface area contributed by atoms with Crippen LogP contribution in [0.2, 0.25) is 0 Å². The Balaban J connectivity index is 1.35. The van der Waals surface area contributed by atoms with Crippen molar-refractivity contribution in [2.45, 2.75) is 13.8 Å². The number of nitrogens with zero attached hydrogens (tertiary/aromatic N) is 3. The normalized spacial score (nSPS) is 14.4. The lowest BCUT2D eigenvalue weighted by Gasteiger charge is -2.36. The number of pyridine rings is 1. The number of ether oxygens (including phenoxy) is 1. The highest BCUT2D eigenvalue weighted by molar-refractivity contribution is 7.20. The van der Waals surface area contributed by atoms with E-state index in [-0.39, 0.29) is 5.91 Å². The minimum atomic E-state index is 0.102. The van der Waals surface area contributed by atoms with Gasteiger partial charge < -0.3 is 14.5 Å². The van der Waals surface area contributed by atoms with Gasteiger partial charge in [-0.25, -0.2) is 4.98 Å². The smallest absolute Gasteiger partial charge is 0.264 e. The summed E-state index contributed by atoms with van der Waals surface area (Å²) < 4.78 is 5.32. The molecule has 0 N–H and O–H groups in total. The monoisotopic (exact) mass is 431 g/mol. The highest BCUT2D eigenvalue weighted by Crippen LogP contribution is 2.30. The molecule has 4 aromatic rings. The summed E-state index contributed by atoms with van der Waals surface area (Å²) in [5.41, 5.74) is 4.82. The second-order valence-corrected chi connectivity index (χ2v) is 9.08. The van der Waals surface area contributed by atoms with Crippen molar-refractivity contribution in [3.05, 3.63) is 64.5 Å². The number of methoxy groups -OCH3 is 1. The van der Waals surface area contributed by atoms with Gasteiger partial charge in [0.2, 0.25) is 0 Å². The van der Waals surface area contributed by atoms with Gasteiger partial charge in [-0.1, -0.05) is 12.1 Å². The predicted molar refractivity (Wildman–Crippen MR) is 128 cm³/mol. The molecule has 31 heavy (non-hydrogen) atoms. The molecule has 6 heteroatoms. The third-order valence-corrected chi connectivity index (χ3v) is 7.23. The summed E-state index contributed by atoms with van der Waals surface area (Å²) in [5, 5.41) is 2.02. The summed E-state index contributed by atoms with van der Waals surface area (Å²) in [6.07, 6.45) is 0. The molecule has 1 aliphatic heterocycles. The van der Waals surface area contributed by atoms with E-state index in [1.165, 1.54) is 28.2 Å². The van der Waals surface area contributed by atoms with E-state index in [1.54, 1.807) is 7.11 Å². The van der Waals surface area contributed by atoms with Crippen LogP contribution in [0.5, 0.6) is 5.75 Å². The third kappa shape index (κ3) is 3.61. The zero-order valence-electron chi connectivity index (χ0n) is 18.0. The number of aromatic nitrogens is 1. The van der Waals surface area contributed by atoms with E-state index in [2.05, 4.69) is 43.0 Å². The number of carbonyl (C=O) groups is 1. The van der Waals surface area contributed by atoms with Gasteiger partial charge in [0.25, 0.3) is 5.91 Å². The number of rotatable bonds is 3. The predicted octanol–water partition coefficient (Wildman–Crippen LogP) is 5.04. The standard InChI is InChI=1S/C25H25N3O2S/c1-16-5-4-6-22(17(16)2)27-9-11-28(12-10-27)25(29)23-15-19-13-18-14-20(30-3)7-8-21(18)26-24(19)31-23/h4-8,13-15H,9-12H2,1-3H3. The van der Waals surface area contributed by atoms with Gasteiger partial charge >= 0.3 is 0 Å². The minimum Gasteiger partial charge on any atom is -0.497 e. The second-order valence-electron chi connectivity index (χ2n) is 8.05. The Morgan fingerprint density at radius 2 is 1.81 bits per heavy atom. The number of amides is 1. The highest BCUT2D eigenvalue weighted by Gasteiger charge is 2.24. The number of benzene rings is 2. The number of thiophene rings is 1. The summed E-state index contributed by atoms with van der Waals surface area (Å²) in [5.74, 6) is 0.909. The molecule has 3 heterocycles. The molecule has 158 valence electrons. The van der Waals surface area contributed by atoms with Crippen LogP contribution < -0.4 is 9.64 Å². The van der Waals surface area contributed by atoms with E-state index in [0.717, 1.165) is 57.9 Å². The van der Waals surface area contributed by atoms with Gasteiger partial charge in [0.05, 0.1) is 17.5 Å². The SMILES string of the molecule is COc1ccc2nc3sc(C(=O)N4CCN(c5cccc(C)c5C)CC4)cc3cc2c1. The number of aryl methyl sites for hydroxylation is 1. The molecule has 1 amide bonds. The molecule has 1 saturated heterocycles. The maximum absolute atomic E-state index is 13.2. The van der Waals surface area contributed by atoms with Crippen molar-refractivity contribution in [1.29, 1.82) is 0 Å². The Labute approximate surface area is 185 Å². The maximum atomic E-state index is 13.2. The Kier molecular flexibility index (Phi) is 5.02. The molecule has 5 nitrogen and oxygen atoms in total. The Bertz CT molecular complexity index is 1290. The van der Waals surface area contributed by atoms with Gasteiger partial charge in [-0.3, -0.25) is 4.79 Å². The Morgan fingerprint density at radius 3 is 2.58 bits per heavy atom. The first-order valence-electron chi connectivity index (χ1n) is 10.5. The first-order chi connectivity index (χ1) is 15.0. The topological polar surface area (TPSA) is 45.7 Å². The number of hydrogen-bond donors (Lipinski definition) is 0. The van der Waals surface area contributed by atoms with Gasteiger partial charge in [0, 0.05) is 42.6 Å². The fourth-order valence-corrected chi connectivity index (χ4v) is 5.22. The van der Waals surface area contributed by atoms with E-state index in [9.17, 15) is 4.79 Å². The molecule has 0 spiro atoms. The van der Waals surface area contributed by atoms with Crippen molar-refractivity contribution in [2.24, 2.45) is 0 Å². The van der Waals surface area contributed by atoms with Crippen molar-refractivity contribution in [3.63, 3.8) is 0 Å². The fraction of sp³-hybridized carbons (Fsp3) is 0.280. The van der Waals surface area contributed by atoms with Crippen molar-refractivity contribution >= 4 is 44.1 Å². The van der Waals surface area contributed by atoms with Crippen LogP contribution in [0.25, 0.3) is 21.1 Å². The molecule has 0 bridgehead atoms. The molecule has 0 unspecified atom stereocenters. The second kappa shape index (κ2) is 7.85. The lowest BCUT2D eigenvalue weighted by atomic mass is 10.1. The molecule has 5 rings (SSSR count).